The summed E-state index contributed by atoms with van der Waals surface area (Å²) in [5, 5.41) is 0. The van der Waals surface area contributed by atoms with Crippen molar-refractivity contribution in [2.24, 2.45) is 11.8 Å². The first-order chi connectivity index (χ1) is 24.2. The molecule has 2 aromatic carbocycles. The molecule has 6 rings (SSSR count). The predicted molar refractivity (Wildman–Crippen MR) is 179 cm³/mol. The number of ether oxygens (including phenoxy) is 2. The number of hydrogen-bond acceptors (Lipinski definition) is 10. The number of halogens is 2. The third-order valence-corrected chi connectivity index (χ3v) is 9.47. The predicted octanol–water partition coefficient (Wildman–Crippen LogP) is 5.18. The van der Waals surface area contributed by atoms with Crippen molar-refractivity contribution in [3.8, 4) is 11.1 Å². The maximum absolute atomic E-state index is 14.5. The highest BCUT2D eigenvalue weighted by atomic mass is 19.1. The minimum absolute atomic E-state index is 0.0407. The average molecular weight is 721 g/mol. The SMILES string of the molecule is CC(C)(C)OC(=O)N1C[C@H](F)CC1C(=O)C1C(=O)c2ccc(-c3ccc4c(c3)C(=O)C(C(=O)[C@@H]3C[C@@H](F)CN3C(=O)OC(C)(C)C)C4=O)cc2C1=O. The summed E-state index contributed by atoms with van der Waals surface area (Å²) in [5.41, 5.74) is -1.43. The number of ketones is 6. The highest BCUT2D eigenvalue weighted by Gasteiger charge is 2.52. The monoisotopic (exact) mass is 720 g/mol. The lowest BCUT2D eigenvalue weighted by atomic mass is 9.92. The highest BCUT2D eigenvalue weighted by molar-refractivity contribution is 6.37. The van der Waals surface area contributed by atoms with Crippen LogP contribution in [0.3, 0.4) is 0 Å². The van der Waals surface area contributed by atoms with Crippen LogP contribution in [0.5, 0.6) is 0 Å². The smallest absolute Gasteiger partial charge is 0.411 e. The van der Waals surface area contributed by atoms with Crippen molar-refractivity contribution in [3.63, 3.8) is 0 Å². The quantitative estimate of drug-likeness (QED) is 0.377. The topological polar surface area (TPSA) is 162 Å². The number of hydrogen-bond donors (Lipinski definition) is 0. The van der Waals surface area contributed by atoms with Gasteiger partial charge in [-0.1, -0.05) is 24.3 Å². The third kappa shape index (κ3) is 6.54. The van der Waals surface area contributed by atoms with Gasteiger partial charge in [0.1, 0.15) is 35.4 Å². The van der Waals surface area contributed by atoms with E-state index in [-0.39, 0.29) is 22.3 Å². The van der Waals surface area contributed by atoms with Crippen LogP contribution in [0.4, 0.5) is 18.4 Å². The molecule has 0 radical (unpaired) electrons. The molecule has 4 aliphatic rings. The molecule has 274 valence electrons. The average Bonchev–Trinajstić information content (AvgIpc) is 3.77. The minimum atomic E-state index is -1.80. The van der Waals surface area contributed by atoms with Gasteiger partial charge in [0.15, 0.2) is 34.7 Å². The summed E-state index contributed by atoms with van der Waals surface area (Å²) in [6.07, 6.45) is -5.78. The van der Waals surface area contributed by atoms with Crippen LogP contribution < -0.4 is 0 Å². The lowest BCUT2D eigenvalue weighted by Crippen LogP contribution is -2.47. The Labute approximate surface area is 297 Å². The zero-order valence-corrected chi connectivity index (χ0v) is 29.5. The molecule has 0 N–H and O–H groups in total. The lowest BCUT2D eigenvalue weighted by Gasteiger charge is -2.28. The number of nitrogens with zero attached hydrogens (tertiary/aromatic N) is 2. The summed E-state index contributed by atoms with van der Waals surface area (Å²) in [7, 11) is 0. The van der Waals surface area contributed by atoms with Crippen LogP contribution in [0, 0.1) is 11.8 Å². The van der Waals surface area contributed by atoms with Crippen LogP contribution >= 0.6 is 0 Å². The molecule has 0 bridgehead atoms. The Morgan fingerprint density at radius 2 is 0.904 bits per heavy atom. The summed E-state index contributed by atoms with van der Waals surface area (Å²) in [6.45, 7) is 8.78. The van der Waals surface area contributed by atoms with Gasteiger partial charge in [-0.25, -0.2) is 18.4 Å². The van der Waals surface area contributed by atoms with E-state index in [1.54, 1.807) is 41.5 Å². The van der Waals surface area contributed by atoms with Crippen LogP contribution in [0.1, 0.15) is 95.8 Å². The fraction of sp³-hybridized carbons (Fsp3) is 0.474. The van der Waals surface area contributed by atoms with Crippen LogP contribution in [-0.2, 0) is 19.1 Å². The maximum Gasteiger partial charge on any atom is 0.411 e. The summed E-state index contributed by atoms with van der Waals surface area (Å²) >= 11 is 0. The Morgan fingerprint density at radius 3 is 1.23 bits per heavy atom. The molecule has 2 aliphatic carbocycles. The molecule has 12 nitrogen and oxygen atoms in total. The molecular formula is C38H38F2N2O10. The van der Waals surface area contributed by atoms with Crippen molar-refractivity contribution in [2.45, 2.75) is 90.0 Å². The van der Waals surface area contributed by atoms with Crippen LogP contribution in [0.15, 0.2) is 36.4 Å². The molecule has 0 aromatic heterocycles. The van der Waals surface area contributed by atoms with Gasteiger partial charge >= 0.3 is 12.2 Å². The van der Waals surface area contributed by atoms with Gasteiger partial charge in [-0.05, 0) is 64.8 Å². The Morgan fingerprint density at radius 1 is 0.577 bits per heavy atom. The summed E-state index contributed by atoms with van der Waals surface area (Å²) < 4.78 is 39.6. The van der Waals surface area contributed by atoms with Crippen LogP contribution in [0.2, 0.25) is 0 Å². The number of amides is 2. The van der Waals surface area contributed by atoms with Crippen molar-refractivity contribution < 1.29 is 56.6 Å². The fourth-order valence-corrected chi connectivity index (χ4v) is 7.20. The molecule has 52 heavy (non-hydrogen) atoms. The summed E-state index contributed by atoms with van der Waals surface area (Å²) in [4.78, 5) is 109. The molecule has 2 saturated heterocycles. The second-order valence-corrected chi connectivity index (χ2v) is 15.6. The number of rotatable bonds is 5. The zero-order chi connectivity index (χ0) is 38.2. The van der Waals surface area contributed by atoms with Crippen molar-refractivity contribution >= 4 is 46.9 Å². The van der Waals surface area contributed by atoms with Gasteiger partial charge < -0.3 is 9.47 Å². The van der Waals surface area contributed by atoms with E-state index < -0.39 is 120 Å². The van der Waals surface area contributed by atoms with E-state index in [1.807, 2.05) is 0 Å². The van der Waals surface area contributed by atoms with Crippen LogP contribution in [-0.4, -0.2) is 105 Å². The van der Waals surface area contributed by atoms with Crippen LogP contribution in [0.25, 0.3) is 11.1 Å². The van der Waals surface area contributed by atoms with E-state index in [4.69, 9.17) is 9.47 Å². The number of likely N-dealkylation sites (tertiary alicyclic amines) is 2. The Hall–Kier alpha value is -5.14. The molecule has 2 aliphatic heterocycles. The minimum Gasteiger partial charge on any atom is -0.444 e. The van der Waals surface area contributed by atoms with Gasteiger partial charge in [-0.3, -0.25) is 38.6 Å². The number of carbonyl (C=O) groups is 8. The van der Waals surface area contributed by atoms with Gasteiger partial charge in [0.05, 0.1) is 25.2 Å². The molecule has 2 aromatic rings. The molecule has 2 heterocycles. The van der Waals surface area contributed by atoms with Gasteiger partial charge in [-0.2, -0.15) is 0 Å². The van der Waals surface area contributed by atoms with E-state index in [1.165, 1.54) is 36.4 Å². The number of fused-ring (bicyclic) bond motifs is 2. The third-order valence-electron chi connectivity index (χ3n) is 9.47. The highest BCUT2D eigenvalue weighted by Crippen LogP contribution is 2.38. The van der Waals surface area contributed by atoms with E-state index >= 15 is 0 Å². The molecule has 3 unspecified atom stereocenters. The first kappa shape index (κ1) is 36.6. The first-order valence-corrected chi connectivity index (χ1v) is 17.0. The molecule has 2 amide bonds. The Balaban J connectivity index is 1.23. The second kappa shape index (κ2) is 12.8. The first-order valence-electron chi connectivity index (χ1n) is 17.0. The van der Waals surface area contributed by atoms with Gasteiger partial charge in [0, 0.05) is 35.1 Å². The normalized spacial score (nSPS) is 25.8. The number of alkyl halides is 2. The largest absolute Gasteiger partial charge is 0.444 e. The van der Waals surface area contributed by atoms with E-state index in [9.17, 15) is 47.1 Å². The summed E-state index contributed by atoms with van der Waals surface area (Å²) in [6, 6.07) is 5.63. The Kier molecular flexibility index (Phi) is 9.03. The van der Waals surface area contributed by atoms with E-state index in [0.29, 0.717) is 11.1 Å². The van der Waals surface area contributed by atoms with Gasteiger partial charge in [0.2, 0.25) is 0 Å². The molecular weight excluding hydrogens is 682 g/mol. The number of benzene rings is 2. The van der Waals surface area contributed by atoms with E-state index in [0.717, 1.165) is 9.80 Å². The molecule has 14 heteroatoms. The van der Waals surface area contributed by atoms with Gasteiger partial charge in [0.25, 0.3) is 0 Å². The van der Waals surface area contributed by atoms with Crippen molar-refractivity contribution in [3.05, 3.63) is 58.7 Å². The maximum atomic E-state index is 14.5. The molecule has 0 saturated carbocycles. The molecule has 6 atom stereocenters. The number of carbonyl (C=O) groups excluding carboxylic acids is 8. The second-order valence-electron chi connectivity index (χ2n) is 15.6. The summed E-state index contributed by atoms with van der Waals surface area (Å²) in [5.74, 6) is -8.65. The fourth-order valence-electron chi connectivity index (χ4n) is 7.20. The lowest BCUT2D eigenvalue weighted by molar-refractivity contribution is -0.125. The van der Waals surface area contributed by atoms with Gasteiger partial charge in [-0.15, -0.1) is 0 Å². The van der Waals surface area contributed by atoms with E-state index in [2.05, 4.69) is 0 Å². The number of Topliss-reactive ketones (excluding diaryl/α,β-unsaturated/α-hetero) is 6. The van der Waals surface area contributed by atoms with Crippen molar-refractivity contribution in [1.82, 2.24) is 9.80 Å². The zero-order valence-electron chi connectivity index (χ0n) is 29.5. The van der Waals surface area contributed by atoms with Crippen molar-refractivity contribution in [2.75, 3.05) is 13.1 Å². The molecule has 2 fully saturated rings. The Bertz CT molecular complexity index is 1820. The molecule has 0 spiro atoms. The van der Waals surface area contributed by atoms with Crippen molar-refractivity contribution in [1.29, 1.82) is 0 Å². The standard InChI is InChI=1S/C38H38F2N2O10/c1-37(2,3)51-35(49)41-15-19(39)13-25(41)33(47)27-29(43)21-9-7-17(11-23(21)31(27)45)18-8-10-22-24(12-18)32(46)28(30(22)44)34(48)26-14-20(40)16-42(26)36(50)52-38(4,5)6/h7-12,19-20,25-28H,13-16H2,1-6H3/t19-,20-,25+,26?,27?,28?/m1/s1.